The van der Waals surface area contributed by atoms with E-state index in [4.69, 9.17) is 5.73 Å². The normalized spacial score (nSPS) is 17.1. The lowest BCUT2D eigenvalue weighted by Crippen LogP contribution is -2.18. The Hall–Kier alpha value is -2.70. The monoisotopic (exact) mass is 271 g/mol. The van der Waals surface area contributed by atoms with Crippen molar-refractivity contribution in [2.24, 2.45) is 0 Å². The van der Waals surface area contributed by atoms with Gasteiger partial charge in [-0.25, -0.2) is 9.97 Å². The Morgan fingerprint density at radius 3 is 2.90 bits per heavy atom. The van der Waals surface area contributed by atoms with Crippen molar-refractivity contribution in [1.29, 1.82) is 0 Å². The fourth-order valence-electron chi connectivity index (χ4n) is 2.58. The number of nitrogen functional groups attached to an aromatic ring is 1. The Bertz CT molecular complexity index is 688. The molecule has 0 bridgehead atoms. The quantitative estimate of drug-likeness (QED) is 0.664. The number of hydrogen-bond acceptors (Lipinski definition) is 6. The second-order valence-electron chi connectivity index (χ2n) is 4.76. The first kappa shape index (κ1) is 12.3. The van der Waals surface area contributed by atoms with Gasteiger partial charge >= 0.3 is 5.69 Å². The van der Waals surface area contributed by atoms with Crippen LogP contribution >= 0.6 is 0 Å². The lowest BCUT2D eigenvalue weighted by Gasteiger charge is -2.18. The van der Waals surface area contributed by atoms with Crippen molar-refractivity contribution in [3.63, 3.8) is 0 Å². The van der Waals surface area contributed by atoms with Crippen molar-refractivity contribution in [2.45, 2.75) is 12.8 Å². The third-order valence-electron chi connectivity index (χ3n) is 3.48. The van der Waals surface area contributed by atoms with Crippen LogP contribution in [0.2, 0.25) is 0 Å². The van der Waals surface area contributed by atoms with Gasteiger partial charge in [0, 0.05) is 18.2 Å². The summed E-state index contributed by atoms with van der Waals surface area (Å²) in [5.74, 6) is 0.415. The minimum absolute atomic E-state index is 0.114. The average Bonchev–Trinajstić information content (AvgIpc) is 2.76. The van der Waals surface area contributed by atoms with Crippen LogP contribution in [-0.4, -0.2) is 21.4 Å². The highest BCUT2D eigenvalue weighted by Crippen LogP contribution is 2.43. The molecule has 0 saturated heterocycles. The maximum Gasteiger partial charge on any atom is 0.353 e. The molecule has 7 heteroatoms. The standard InChI is InChI=1S/C13H13N5O2/c1-8-6-17(10-5-3-2-4-9(8)10)13-11(18(19)20)12(14)15-7-16-13/h2-5,7-8H,6H2,1H3,(H2,14,15,16). The zero-order chi connectivity index (χ0) is 14.3. The van der Waals surface area contributed by atoms with Crippen molar-refractivity contribution in [3.8, 4) is 0 Å². The summed E-state index contributed by atoms with van der Waals surface area (Å²) in [5, 5.41) is 11.2. The number of nitrogens with two attached hydrogens (primary N) is 1. The van der Waals surface area contributed by atoms with Crippen LogP contribution in [0.5, 0.6) is 0 Å². The van der Waals surface area contributed by atoms with E-state index in [0.717, 1.165) is 11.3 Å². The van der Waals surface area contributed by atoms with Crippen molar-refractivity contribution in [2.75, 3.05) is 17.2 Å². The van der Waals surface area contributed by atoms with E-state index >= 15 is 0 Å². The highest BCUT2D eigenvalue weighted by Gasteiger charge is 2.33. The molecule has 1 atom stereocenters. The molecular weight excluding hydrogens is 258 g/mol. The van der Waals surface area contributed by atoms with Gasteiger partial charge in [-0.1, -0.05) is 25.1 Å². The van der Waals surface area contributed by atoms with Crippen molar-refractivity contribution in [1.82, 2.24) is 9.97 Å². The van der Waals surface area contributed by atoms with Crippen LogP contribution < -0.4 is 10.6 Å². The van der Waals surface area contributed by atoms with Gasteiger partial charge in [-0.15, -0.1) is 0 Å². The number of aromatic nitrogens is 2. The number of nitro groups is 1. The topological polar surface area (TPSA) is 98.2 Å². The molecule has 20 heavy (non-hydrogen) atoms. The van der Waals surface area contributed by atoms with Gasteiger partial charge in [0.2, 0.25) is 11.6 Å². The minimum Gasteiger partial charge on any atom is -0.378 e. The molecule has 0 spiro atoms. The molecule has 1 aliphatic rings. The van der Waals surface area contributed by atoms with Gasteiger partial charge in [-0.2, -0.15) is 0 Å². The highest BCUT2D eigenvalue weighted by atomic mass is 16.6. The molecule has 0 radical (unpaired) electrons. The number of fused-ring (bicyclic) bond motifs is 1. The molecule has 1 aromatic heterocycles. The summed E-state index contributed by atoms with van der Waals surface area (Å²) in [6.07, 6.45) is 1.25. The molecule has 3 rings (SSSR count). The maximum absolute atomic E-state index is 11.2. The molecule has 2 aromatic rings. The summed E-state index contributed by atoms with van der Waals surface area (Å²) >= 11 is 0. The Labute approximate surface area is 115 Å². The molecule has 0 aliphatic carbocycles. The number of rotatable bonds is 2. The zero-order valence-corrected chi connectivity index (χ0v) is 10.9. The zero-order valence-electron chi connectivity index (χ0n) is 10.9. The van der Waals surface area contributed by atoms with Crippen LogP contribution in [0, 0.1) is 10.1 Å². The summed E-state index contributed by atoms with van der Waals surface area (Å²) in [6.45, 7) is 2.71. The van der Waals surface area contributed by atoms with Gasteiger partial charge in [-0.3, -0.25) is 10.1 Å². The van der Waals surface area contributed by atoms with Crippen LogP contribution in [0.15, 0.2) is 30.6 Å². The molecule has 2 heterocycles. The second kappa shape index (κ2) is 4.44. The summed E-state index contributed by atoms with van der Waals surface area (Å²) in [6, 6.07) is 7.82. The van der Waals surface area contributed by atoms with Crippen LogP contribution in [-0.2, 0) is 0 Å². The Kier molecular flexibility index (Phi) is 2.74. The molecule has 0 saturated carbocycles. The number of anilines is 3. The van der Waals surface area contributed by atoms with Crippen LogP contribution in [0.25, 0.3) is 0 Å². The summed E-state index contributed by atoms with van der Waals surface area (Å²) < 4.78 is 0. The van der Waals surface area contributed by atoms with E-state index in [-0.39, 0.29) is 23.2 Å². The van der Waals surface area contributed by atoms with E-state index in [2.05, 4.69) is 16.9 Å². The van der Waals surface area contributed by atoms with Gasteiger partial charge in [0.25, 0.3) is 0 Å². The van der Waals surface area contributed by atoms with E-state index in [1.807, 2.05) is 29.2 Å². The first-order valence-corrected chi connectivity index (χ1v) is 6.21. The molecule has 102 valence electrons. The molecule has 0 amide bonds. The first-order chi connectivity index (χ1) is 9.59. The maximum atomic E-state index is 11.2. The van der Waals surface area contributed by atoms with Gasteiger partial charge in [0.05, 0.1) is 4.92 Å². The number of hydrogen-bond donors (Lipinski definition) is 1. The largest absolute Gasteiger partial charge is 0.378 e. The molecular formula is C13H13N5O2. The predicted molar refractivity (Wildman–Crippen MR) is 75.0 cm³/mol. The lowest BCUT2D eigenvalue weighted by molar-refractivity contribution is -0.383. The second-order valence-corrected chi connectivity index (χ2v) is 4.76. The smallest absolute Gasteiger partial charge is 0.353 e. The number of benzene rings is 1. The van der Waals surface area contributed by atoms with Crippen LogP contribution in [0.3, 0.4) is 0 Å². The third-order valence-corrected chi connectivity index (χ3v) is 3.48. The summed E-state index contributed by atoms with van der Waals surface area (Å²) in [5.41, 5.74) is 7.47. The summed E-state index contributed by atoms with van der Waals surface area (Å²) in [7, 11) is 0. The van der Waals surface area contributed by atoms with E-state index in [9.17, 15) is 10.1 Å². The highest BCUT2D eigenvalue weighted by molar-refractivity contribution is 5.78. The molecule has 1 unspecified atom stereocenters. The van der Waals surface area contributed by atoms with Crippen LogP contribution in [0.1, 0.15) is 18.4 Å². The molecule has 0 fully saturated rings. The average molecular weight is 271 g/mol. The summed E-state index contributed by atoms with van der Waals surface area (Å²) in [4.78, 5) is 20.3. The van der Waals surface area contributed by atoms with Crippen molar-refractivity contribution in [3.05, 3.63) is 46.3 Å². The third kappa shape index (κ3) is 1.75. The Morgan fingerprint density at radius 2 is 2.15 bits per heavy atom. The van der Waals surface area contributed by atoms with E-state index in [0.29, 0.717) is 6.54 Å². The number of nitrogens with zero attached hydrogens (tertiary/aromatic N) is 4. The van der Waals surface area contributed by atoms with E-state index in [1.54, 1.807) is 0 Å². The van der Waals surface area contributed by atoms with Gasteiger partial charge in [0.1, 0.15) is 6.33 Å². The van der Waals surface area contributed by atoms with Crippen LogP contribution in [0.4, 0.5) is 23.0 Å². The molecule has 2 N–H and O–H groups in total. The van der Waals surface area contributed by atoms with E-state index < -0.39 is 4.92 Å². The molecule has 7 nitrogen and oxygen atoms in total. The fourth-order valence-corrected chi connectivity index (χ4v) is 2.58. The first-order valence-electron chi connectivity index (χ1n) is 6.21. The van der Waals surface area contributed by atoms with E-state index in [1.165, 1.54) is 6.33 Å². The fraction of sp³-hybridized carbons (Fsp3) is 0.231. The molecule has 1 aromatic carbocycles. The van der Waals surface area contributed by atoms with Crippen molar-refractivity contribution >= 4 is 23.0 Å². The minimum atomic E-state index is -0.531. The van der Waals surface area contributed by atoms with Crippen molar-refractivity contribution < 1.29 is 4.92 Å². The Morgan fingerprint density at radius 1 is 1.40 bits per heavy atom. The predicted octanol–water partition coefficient (Wildman–Crippen LogP) is 2.22. The van der Waals surface area contributed by atoms with Gasteiger partial charge in [-0.05, 0) is 11.6 Å². The SMILES string of the molecule is CC1CN(c2ncnc(N)c2[N+](=O)[O-])c2ccccc21. The van der Waals surface area contributed by atoms with Gasteiger partial charge < -0.3 is 10.6 Å². The van der Waals surface area contributed by atoms with Gasteiger partial charge in [0.15, 0.2) is 0 Å². The Balaban J connectivity index is 2.17. The lowest BCUT2D eigenvalue weighted by atomic mass is 10.0. The number of para-hydroxylation sites is 1. The molecule has 1 aliphatic heterocycles.